The Morgan fingerprint density at radius 3 is 2.81 bits per heavy atom. The van der Waals surface area contributed by atoms with Gasteiger partial charge in [0.2, 0.25) is 5.82 Å². The number of hydrogen-bond donors (Lipinski definition) is 0. The number of nitrogens with zero attached hydrogens (tertiary/aromatic N) is 3. The summed E-state index contributed by atoms with van der Waals surface area (Å²) in [7, 11) is 0. The van der Waals surface area contributed by atoms with Gasteiger partial charge in [-0.1, -0.05) is 40.2 Å². The highest BCUT2D eigenvalue weighted by molar-refractivity contribution is 9.10. The number of carbonyl (C=O) groups is 1. The summed E-state index contributed by atoms with van der Waals surface area (Å²) < 4.78 is 18.9. The van der Waals surface area contributed by atoms with Crippen molar-refractivity contribution in [3.63, 3.8) is 0 Å². The van der Waals surface area contributed by atoms with Crippen molar-refractivity contribution in [1.29, 1.82) is 0 Å². The van der Waals surface area contributed by atoms with Gasteiger partial charge in [-0.15, -0.1) is 0 Å². The highest BCUT2D eigenvalue weighted by Gasteiger charge is 2.17. The minimum absolute atomic E-state index is 0.274. The molecule has 0 saturated carbocycles. The fourth-order valence-corrected chi connectivity index (χ4v) is 4.20. The summed E-state index contributed by atoms with van der Waals surface area (Å²) >= 11 is 3.47. The number of halogens is 1. The largest absolute Gasteiger partial charge is 0.479 e. The van der Waals surface area contributed by atoms with Crippen molar-refractivity contribution in [1.82, 2.24) is 9.66 Å². The van der Waals surface area contributed by atoms with Crippen molar-refractivity contribution in [2.45, 2.75) is 20.0 Å². The smallest absolute Gasteiger partial charge is 0.347 e. The Balaban J connectivity index is 1.55. The van der Waals surface area contributed by atoms with E-state index in [0.29, 0.717) is 33.6 Å². The summed E-state index contributed by atoms with van der Waals surface area (Å²) in [4.78, 5) is 30.1. The quantitative estimate of drug-likeness (QED) is 0.185. The number of fused-ring (bicyclic) bond motifs is 2. The number of rotatable bonds is 7. The maximum atomic E-state index is 13.4. The summed E-state index contributed by atoms with van der Waals surface area (Å²) in [6.45, 7) is 3.64. The number of aromatic nitrogens is 2. The van der Waals surface area contributed by atoms with Gasteiger partial charge in [-0.05, 0) is 67.9 Å². The Hall–Kier alpha value is -4.24. The minimum atomic E-state index is -0.765. The molecule has 0 spiro atoms. The second-order valence-electron chi connectivity index (χ2n) is 8.19. The maximum Gasteiger partial charge on any atom is 0.347 e. The van der Waals surface area contributed by atoms with Gasteiger partial charge in [0, 0.05) is 9.86 Å². The molecule has 0 unspecified atom stereocenters. The van der Waals surface area contributed by atoms with Crippen LogP contribution in [-0.2, 0) is 9.53 Å². The molecule has 37 heavy (non-hydrogen) atoms. The van der Waals surface area contributed by atoms with Crippen LogP contribution >= 0.6 is 15.9 Å². The molecule has 0 bridgehead atoms. The lowest BCUT2D eigenvalue weighted by Gasteiger charge is -2.13. The first kappa shape index (κ1) is 24.5. The van der Waals surface area contributed by atoms with Gasteiger partial charge in [-0.25, -0.2) is 9.78 Å². The van der Waals surface area contributed by atoms with Crippen molar-refractivity contribution in [2.75, 3.05) is 6.61 Å². The monoisotopic (exact) mass is 559 g/mol. The first-order valence-electron chi connectivity index (χ1n) is 11.6. The van der Waals surface area contributed by atoms with Gasteiger partial charge in [0.15, 0.2) is 11.9 Å². The predicted molar refractivity (Wildman–Crippen MR) is 145 cm³/mol. The standard InChI is InChI=1S/C28H22BrN3O5/c1-3-35-28(34)17(2)36-21-8-6-7-18(13-21)16-30-32-26(31-23-10-5-4-9-22(23)27(32)33)25-15-19-14-20(29)11-12-24(19)37-25/h4-17H,3H2,1-2H3/t17-/m1/s1. The summed E-state index contributed by atoms with van der Waals surface area (Å²) in [6, 6.07) is 21.6. The van der Waals surface area contributed by atoms with Gasteiger partial charge < -0.3 is 13.9 Å². The van der Waals surface area contributed by atoms with Crippen molar-refractivity contribution in [3.8, 4) is 17.3 Å². The fraction of sp³-hybridized carbons (Fsp3) is 0.143. The van der Waals surface area contributed by atoms with E-state index < -0.39 is 12.1 Å². The molecule has 186 valence electrons. The highest BCUT2D eigenvalue weighted by atomic mass is 79.9. The Morgan fingerprint density at radius 1 is 1.14 bits per heavy atom. The van der Waals surface area contributed by atoms with Crippen LogP contribution in [0.25, 0.3) is 33.5 Å². The molecule has 5 aromatic rings. The molecule has 1 atom stereocenters. The van der Waals surface area contributed by atoms with Gasteiger partial charge in [-0.2, -0.15) is 9.78 Å². The molecule has 0 amide bonds. The van der Waals surface area contributed by atoms with Crippen molar-refractivity contribution < 1.29 is 18.7 Å². The van der Waals surface area contributed by atoms with Gasteiger partial charge in [-0.3, -0.25) is 4.79 Å². The number of esters is 1. The van der Waals surface area contributed by atoms with Crippen LogP contribution in [0.3, 0.4) is 0 Å². The van der Waals surface area contributed by atoms with Crippen LogP contribution in [0.2, 0.25) is 0 Å². The molecular weight excluding hydrogens is 538 g/mol. The zero-order chi connectivity index (χ0) is 25.9. The van der Waals surface area contributed by atoms with E-state index >= 15 is 0 Å². The Morgan fingerprint density at radius 2 is 1.97 bits per heavy atom. The minimum Gasteiger partial charge on any atom is -0.479 e. The first-order valence-corrected chi connectivity index (χ1v) is 12.4. The lowest BCUT2D eigenvalue weighted by molar-refractivity contribution is -0.150. The number of hydrogen-bond acceptors (Lipinski definition) is 7. The molecule has 0 aliphatic heterocycles. The van der Waals surface area contributed by atoms with Crippen LogP contribution in [0.5, 0.6) is 5.75 Å². The van der Waals surface area contributed by atoms with E-state index in [-0.39, 0.29) is 18.0 Å². The molecule has 0 N–H and O–H groups in total. The fourth-order valence-electron chi connectivity index (χ4n) is 3.82. The van der Waals surface area contributed by atoms with Crippen LogP contribution < -0.4 is 10.3 Å². The number of furan rings is 1. The summed E-state index contributed by atoms with van der Waals surface area (Å²) in [5.74, 6) is 0.707. The Bertz CT molecular complexity index is 1710. The van der Waals surface area contributed by atoms with Crippen molar-refractivity contribution in [3.05, 3.63) is 93.2 Å². The zero-order valence-electron chi connectivity index (χ0n) is 20.1. The van der Waals surface area contributed by atoms with Crippen LogP contribution in [0.1, 0.15) is 19.4 Å². The lowest BCUT2D eigenvalue weighted by atomic mass is 10.2. The van der Waals surface area contributed by atoms with E-state index in [0.717, 1.165) is 9.86 Å². The third kappa shape index (κ3) is 5.17. The molecule has 0 fully saturated rings. The second kappa shape index (κ2) is 10.4. The van der Waals surface area contributed by atoms with E-state index in [4.69, 9.17) is 18.9 Å². The Kier molecular flexibility index (Phi) is 6.87. The van der Waals surface area contributed by atoms with E-state index in [1.165, 1.54) is 10.9 Å². The SMILES string of the molecule is CCOC(=O)[C@@H](C)Oc1cccc(C=Nn2c(-c3cc4cc(Br)ccc4o3)nc3ccccc3c2=O)c1. The number of ether oxygens (including phenoxy) is 2. The molecular formula is C28H22BrN3O5. The van der Waals surface area contributed by atoms with Gasteiger partial charge in [0.1, 0.15) is 11.3 Å². The van der Waals surface area contributed by atoms with Gasteiger partial charge >= 0.3 is 5.97 Å². The Labute approximate surface area is 220 Å². The lowest BCUT2D eigenvalue weighted by Crippen LogP contribution is -2.26. The van der Waals surface area contributed by atoms with Crippen LogP contribution in [-0.4, -0.2) is 34.6 Å². The molecule has 3 aromatic carbocycles. The summed E-state index contributed by atoms with van der Waals surface area (Å²) in [6.07, 6.45) is 0.766. The maximum absolute atomic E-state index is 13.4. The van der Waals surface area contributed by atoms with Gasteiger partial charge in [0.25, 0.3) is 5.56 Å². The molecule has 5 rings (SSSR count). The molecule has 0 radical (unpaired) electrons. The predicted octanol–water partition coefficient (Wildman–Crippen LogP) is 5.78. The normalized spacial score (nSPS) is 12.3. The van der Waals surface area contributed by atoms with E-state index in [1.807, 2.05) is 36.4 Å². The van der Waals surface area contributed by atoms with Crippen molar-refractivity contribution >= 4 is 50.0 Å². The summed E-state index contributed by atoms with van der Waals surface area (Å²) in [5.41, 5.74) is 1.53. The van der Waals surface area contributed by atoms with Crippen LogP contribution in [0.15, 0.2) is 91.6 Å². The van der Waals surface area contributed by atoms with Crippen molar-refractivity contribution in [2.24, 2.45) is 5.10 Å². The van der Waals surface area contributed by atoms with Crippen LogP contribution in [0.4, 0.5) is 0 Å². The summed E-state index contributed by atoms with van der Waals surface area (Å²) in [5, 5.41) is 5.77. The number of carbonyl (C=O) groups excluding carboxylic acids is 1. The second-order valence-corrected chi connectivity index (χ2v) is 9.11. The topological polar surface area (TPSA) is 95.9 Å². The van der Waals surface area contributed by atoms with Crippen LogP contribution in [0, 0.1) is 0 Å². The highest BCUT2D eigenvalue weighted by Crippen LogP contribution is 2.29. The molecule has 2 heterocycles. The molecule has 9 heteroatoms. The average Bonchev–Trinajstić information content (AvgIpc) is 3.31. The molecule has 2 aromatic heterocycles. The number of para-hydroxylation sites is 1. The molecule has 0 aliphatic rings. The van der Waals surface area contributed by atoms with E-state index in [9.17, 15) is 9.59 Å². The first-order chi connectivity index (χ1) is 17.9. The van der Waals surface area contributed by atoms with Gasteiger partial charge in [0.05, 0.1) is 23.7 Å². The number of benzene rings is 3. The average molecular weight is 560 g/mol. The zero-order valence-corrected chi connectivity index (χ0v) is 21.6. The molecule has 0 saturated heterocycles. The third-order valence-electron chi connectivity index (χ3n) is 5.56. The van der Waals surface area contributed by atoms with E-state index in [2.05, 4.69) is 21.0 Å². The molecule has 0 aliphatic carbocycles. The molecule has 8 nitrogen and oxygen atoms in total. The van der Waals surface area contributed by atoms with E-state index in [1.54, 1.807) is 50.2 Å². The third-order valence-corrected chi connectivity index (χ3v) is 6.06.